The van der Waals surface area contributed by atoms with Gasteiger partial charge in [0.25, 0.3) is 0 Å². The Kier molecular flexibility index (Phi) is 5.56. The molecule has 2 rings (SSSR count). The van der Waals surface area contributed by atoms with Gasteiger partial charge in [-0.15, -0.1) is 0 Å². The number of nitrogens with one attached hydrogen (secondary N) is 2. The van der Waals surface area contributed by atoms with E-state index >= 15 is 0 Å². The molecule has 1 unspecified atom stereocenters. The quantitative estimate of drug-likeness (QED) is 0.819. The van der Waals surface area contributed by atoms with Gasteiger partial charge in [0.1, 0.15) is 0 Å². The second kappa shape index (κ2) is 7.41. The van der Waals surface area contributed by atoms with Gasteiger partial charge < -0.3 is 10.6 Å². The molecule has 1 aliphatic heterocycles. The average molecular weight is 275 g/mol. The fourth-order valence-electron chi connectivity index (χ4n) is 2.82. The van der Waals surface area contributed by atoms with Crippen LogP contribution in [0.5, 0.6) is 0 Å². The summed E-state index contributed by atoms with van der Waals surface area (Å²) in [6.07, 6.45) is 2.17. The highest BCUT2D eigenvalue weighted by atomic mass is 16.1. The Bertz CT molecular complexity index is 447. The van der Waals surface area contributed by atoms with Crippen molar-refractivity contribution < 1.29 is 4.79 Å². The molecule has 0 radical (unpaired) electrons. The summed E-state index contributed by atoms with van der Waals surface area (Å²) in [6, 6.07) is 9.09. The molecule has 20 heavy (non-hydrogen) atoms. The lowest BCUT2D eigenvalue weighted by molar-refractivity contribution is -0.120. The molecule has 1 atom stereocenters. The van der Waals surface area contributed by atoms with Gasteiger partial charge in [-0.25, -0.2) is 0 Å². The van der Waals surface area contributed by atoms with E-state index in [1.165, 1.54) is 11.1 Å². The fourth-order valence-corrected chi connectivity index (χ4v) is 2.82. The monoisotopic (exact) mass is 275 g/mol. The highest BCUT2D eigenvalue weighted by Crippen LogP contribution is 2.20. The molecule has 0 aromatic heterocycles. The summed E-state index contributed by atoms with van der Waals surface area (Å²) in [5.74, 6) is 0.0726. The Morgan fingerprint density at radius 1 is 1.35 bits per heavy atom. The Labute approximate surface area is 121 Å². The minimum atomic E-state index is 0.0726. The second-order valence-corrected chi connectivity index (χ2v) is 5.39. The predicted octanol–water partition coefficient (Wildman–Crippen LogP) is 1.16. The van der Waals surface area contributed by atoms with E-state index in [4.69, 9.17) is 0 Å². The lowest BCUT2D eigenvalue weighted by Crippen LogP contribution is -2.46. The van der Waals surface area contributed by atoms with E-state index in [1.54, 1.807) is 7.05 Å². The number of fused-ring (bicyclic) bond motifs is 1. The van der Waals surface area contributed by atoms with Gasteiger partial charge in [-0.05, 0) is 31.0 Å². The van der Waals surface area contributed by atoms with Gasteiger partial charge in [0.15, 0.2) is 0 Å². The Balaban J connectivity index is 1.91. The number of carbonyl (C=O) groups excluding carboxylic acids is 1. The molecule has 0 bridgehead atoms. The smallest absolute Gasteiger partial charge is 0.234 e. The van der Waals surface area contributed by atoms with Crippen molar-refractivity contribution in [3.8, 4) is 0 Å². The summed E-state index contributed by atoms with van der Waals surface area (Å²) >= 11 is 0. The maximum atomic E-state index is 11.6. The number of hydrogen-bond donors (Lipinski definition) is 2. The van der Waals surface area contributed by atoms with Crippen molar-refractivity contribution in [2.45, 2.75) is 32.4 Å². The standard InChI is InChI=1S/C16H25N3O/c1-3-15(10-18-16(20)11-17-2)19-9-8-13-6-4-5-7-14(13)12-19/h4-7,15,17H,3,8-12H2,1-2H3,(H,18,20). The minimum absolute atomic E-state index is 0.0726. The molecular weight excluding hydrogens is 250 g/mol. The van der Waals surface area contributed by atoms with Gasteiger partial charge in [0.05, 0.1) is 6.54 Å². The third-order valence-electron chi connectivity index (χ3n) is 4.02. The predicted molar refractivity (Wildman–Crippen MR) is 81.6 cm³/mol. The van der Waals surface area contributed by atoms with Crippen LogP contribution in [0.4, 0.5) is 0 Å². The summed E-state index contributed by atoms with van der Waals surface area (Å²) in [7, 11) is 1.79. The maximum Gasteiger partial charge on any atom is 0.234 e. The first-order valence-electron chi connectivity index (χ1n) is 7.46. The van der Waals surface area contributed by atoms with Crippen LogP contribution in [0.1, 0.15) is 24.5 Å². The third-order valence-corrected chi connectivity index (χ3v) is 4.02. The van der Waals surface area contributed by atoms with Crippen LogP contribution in [-0.4, -0.2) is 43.5 Å². The highest BCUT2D eigenvalue weighted by molar-refractivity contribution is 5.77. The molecule has 1 aromatic rings. The van der Waals surface area contributed by atoms with Gasteiger partial charge in [-0.1, -0.05) is 31.2 Å². The minimum Gasteiger partial charge on any atom is -0.353 e. The first-order valence-corrected chi connectivity index (χ1v) is 7.46. The SMILES string of the molecule is CCC(CNC(=O)CNC)N1CCc2ccccc2C1. The molecule has 0 aliphatic carbocycles. The first kappa shape index (κ1) is 15.0. The zero-order valence-corrected chi connectivity index (χ0v) is 12.5. The van der Waals surface area contributed by atoms with Crippen molar-refractivity contribution in [1.29, 1.82) is 0 Å². The molecule has 0 spiro atoms. The number of carbonyl (C=O) groups is 1. The molecule has 1 aliphatic rings. The topological polar surface area (TPSA) is 44.4 Å². The van der Waals surface area contributed by atoms with Gasteiger partial charge in [0, 0.05) is 25.7 Å². The molecule has 1 amide bonds. The Hall–Kier alpha value is -1.39. The zero-order valence-electron chi connectivity index (χ0n) is 12.5. The fraction of sp³-hybridized carbons (Fsp3) is 0.562. The van der Waals surface area contributed by atoms with Gasteiger partial charge in [0.2, 0.25) is 5.91 Å². The summed E-state index contributed by atoms with van der Waals surface area (Å²) in [6.45, 7) is 5.39. The van der Waals surface area contributed by atoms with Crippen LogP contribution < -0.4 is 10.6 Å². The van der Waals surface area contributed by atoms with Crippen molar-refractivity contribution in [2.24, 2.45) is 0 Å². The largest absolute Gasteiger partial charge is 0.353 e. The third kappa shape index (κ3) is 3.81. The maximum absolute atomic E-state index is 11.6. The molecule has 0 saturated heterocycles. The van der Waals surface area contributed by atoms with E-state index < -0.39 is 0 Å². The summed E-state index contributed by atoms with van der Waals surface area (Å²) in [4.78, 5) is 14.0. The van der Waals surface area contributed by atoms with Crippen LogP contribution in [0.2, 0.25) is 0 Å². The van der Waals surface area contributed by atoms with Crippen LogP contribution in [0.25, 0.3) is 0 Å². The van der Waals surface area contributed by atoms with E-state index in [1.807, 2.05) is 0 Å². The normalized spacial score (nSPS) is 16.5. The number of nitrogens with zero attached hydrogens (tertiary/aromatic N) is 1. The van der Waals surface area contributed by atoms with Crippen molar-refractivity contribution in [3.63, 3.8) is 0 Å². The van der Waals surface area contributed by atoms with Crippen LogP contribution in [0, 0.1) is 0 Å². The van der Waals surface area contributed by atoms with Crippen LogP contribution in [0.3, 0.4) is 0 Å². The first-order chi connectivity index (χ1) is 9.74. The molecule has 4 nitrogen and oxygen atoms in total. The summed E-state index contributed by atoms with van der Waals surface area (Å²) in [5.41, 5.74) is 2.90. The highest BCUT2D eigenvalue weighted by Gasteiger charge is 2.22. The molecular formula is C16H25N3O. The lowest BCUT2D eigenvalue weighted by atomic mass is 9.98. The summed E-state index contributed by atoms with van der Waals surface area (Å²) < 4.78 is 0. The number of amides is 1. The molecule has 0 fully saturated rings. The molecule has 1 aromatic carbocycles. The second-order valence-electron chi connectivity index (χ2n) is 5.39. The number of rotatable bonds is 6. The average Bonchev–Trinajstić information content (AvgIpc) is 2.48. The van der Waals surface area contributed by atoms with Crippen LogP contribution in [-0.2, 0) is 17.8 Å². The van der Waals surface area contributed by atoms with Crippen molar-refractivity contribution in [2.75, 3.05) is 26.7 Å². The molecule has 2 N–H and O–H groups in total. The lowest BCUT2D eigenvalue weighted by Gasteiger charge is -2.35. The van der Waals surface area contributed by atoms with Crippen LogP contribution >= 0.6 is 0 Å². The van der Waals surface area contributed by atoms with Gasteiger partial charge >= 0.3 is 0 Å². The Morgan fingerprint density at radius 3 is 2.80 bits per heavy atom. The molecule has 1 heterocycles. The van der Waals surface area contributed by atoms with E-state index in [2.05, 4.69) is 46.7 Å². The summed E-state index contributed by atoms with van der Waals surface area (Å²) in [5, 5.41) is 5.89. The number of hydrogen-bond acceptors (Lipinski definition) is 3. The van der Waals surface area contributed by atoms with Crippen molar-refractivity contribution in [3.05, 3.63) is 35.4 Å². The molecule has 110 valence electrons. The van der Waals surface area contributed by atoms with E-state index in [0.29, 0.717) is 12.6 Å². The Morgan fingerprint density at radius 2 is 2.10 bits per heavy atom. The molecule has 4 heteroatoms. The zero-order chi connectivity index (χ0) is 14.4. The number of likely N-dealkylation sites (N-methyl/N-ethyl adjacent to an activating group) is 1. The van der Waals surface area contributed by atoms with Crippen molar-refractivity contribution >= 4 is 5.91 Å². The van der Waals surface area contributed by atoms with Crippen LogP contribution in [0.15, 0.2) is 24.3 Å². The van der Waals surface area contributed by atoms with Crippen molar-refractivity contribution in [1.82, 2.24) is 15.5 Å². The van der Waals surface area contributed by atoms with E-state index in [9.17, 15) is 4.79 Å². The van der Waals surface area contributed by atoms with Gasteiger partial charge in [-0.3, -0.25) is 9.69 Å². The van der Waals surface area contributed by atoms with Gasteiger partial charge in [-0.2, -0.15) is 0 Å². The van der Waals surface area contributed by atoms with E-state index in [-0.39, 0.29) is 5.91 Å². The molecule has 0 saturated carbocycles. The number of benzene rings is 1. The van der Waals surface area contributed by atoms with E-state index in [0.717, 1.165) is 32.5 Å².